The minimum Gasteiger partial charge on any atom is -0.371 e. The van der Waals surface area contributed by atoms with E-state index in [-0.39, 0.29) is 12.1 Å². The summed E-state index contributed by atoms with van der Waals surface area (Å²) in [5.74, 6) is 0.431. The van der Waals surface area contributed by atoms with E-state index in [1.165, 1.54) is 0 Å². The molecule has 0 N–H and O–H groups in total. The van der Waals surface area contributed by atoms with Gasteiger partial charge in [0.25, 0.3) is 7.41 Å². The maximum Gasteiger partial charge on any atom is 0.293 e. The Morgan fingerprint density at radius 2 is 2.25 bits per heavy atom. The van der Waals surface area contributed by atoms with E-state index < -0.39 is 0 Å². The van der Waals surface area contributed by atoms with Crippen molar-refractivity contribution in [3.8, 4) is 0 Å². The minimum atomic E-state index is -0.00592. The maximum atomic E-state index is 10.7. The molecule has 0 aliphatic carbocycles. The first-order valence-electron chi connectivity index (χ1n) is 7.03. The smallest absolute Gasteiger partial charge is 0.293 e. The van der Waals surface area contributed by atoms with Crippen molar-refractivity contribution < 1.29 is 9.53 Å². The van der Waals surface area contributed by atoms with Gasteiger partial charge in [-0.3, -0.25) is 0 Å². The molecular weight excluding hydrogens is 271 g/mol. The van der Waals surface area contributed by atoms with Crippen LogP contribution in [0.5, 0.6) is 0 Å². The number of carbonyl (C=O) groups is 1. The van der Waals surface area contributed by atoms with Gasteiger partial charge in [0.1, 0.15) is 11.1 Å². The first-order chi connectivity index (χ1) is 9.49. The van der Waals surface area contributed by atoms with E-state index in [1.807, 2.05) is 31.1 Å². The Morgan fingerprint density at radius 3 is 2.70 bits per heavy atom. The monoisotopic (exact) mass is 295 g/mol. The minimum absolute atomic E-state index is 0.00592. The van der Waals surface area contributed by atoms with Gasteiger partial charge in [0, 0.05) is 23.7 Å². The van der Waals surface area contributed by atoms with Crippen molar-refractivity contribution >= 4 is 24.9 Å². The Kier molecular flexibility index (Phi) is 7.41. The average Bonchev–Trinajstić information content (AvgIpc) is 2.80. The van der Waals surface area contributed by atoms with Crippen LogP contribution in [0.2, 0.25) is 0 Å². The molecule has 1 heterocycles. The van der Waals surface area contributed by atoms with Crippen LogP contribution in [0, 0.1) is 12.8 Å². The van der Waals surface area contributed by atoms with Crippen LogP contribution in [0.4, 0.5) is 0 Å². The number of aromatic nitrogens is 1. The molecule has 20 heavy (non-hydrogen) atoms. The molecule has 1 aromatic rings. The number of hydrogen-bond donors (Lipinski definition) is 0. The topological polar surface area (TPSA) is 42.4 Å². The van der Waals surface area contributed by atoms with Crippen molar-refractivity contribution in [1.29, 1.82) is 0 Å². The molecule has 4 nitrogen and oxygen atoms in total. The molecule has 0 amide bonds. The summed E-state index contributed by atoms with van der Waals surface area (Å²) >= 11 is 1.64. The molecule has 0 bridgehead atoms. The number of ether oxygens (including phenoxy) is 1. The summed E-state index contributed by atoms with van der Waals surface area (Å²) in [6.07, 6.45) is 1.66. The Hall–Kier alpha value is -0.715. The summed E-state index contributed by atoms with van der Waals surface area (Å²) in [5, 5.41) is 3.07. The van der Waals surface area contributed by atoms with Crippen molar-refractivity contribution in [2.75, 3.05) is 13.7 Å². The van der Waals surface area contributed by atoms with E-state index in [1.54, 1.807) is 18.8 Å². The SMILES string of the molecule is CCO[C@H](C[C@@H](C(C)C)N(C)[B]C=O)c1nc(C)cs1. The third-order valence-electron chi connectivity index (χ3n) is 3.32. The number of aryl methyl sites for hydroxylation is 1. The van der Waals surface area contributed by atoms with Gasteiger partial charge in [-0.05, 0) is 33.2 Å². The fourth-order valence-corrected chi connectivity index (χ4v) is 3.15. The molecule has 0 spiro atoms. The number of hydrogen-bond acceptors (Lipinski definition) is 5. The van der Waals surface area contributed by atoms with Crippen LogP contribution < -0.4 is 0 Å². The van der Waals surface area contributed by atoms with Crippen LogP contribution in [-0.2, 0) is 9.53 Å². The third kappa shape index (κ3) is 5.00. The lowest BCUT2D eigenvalue weighted by Gasteiger charge is -2.32. The largest absolute Gasteiger partial charge is 0.371 e. The van der Waals surface area contributed by atoms with Gasteiger partial charge in [-0.15, -0.1) is 11.3 Å². The first kappa shape index (κ1) is 17.3. The van der Waals surface area contributed by atoms with E-state index in [4.69, 9.17) is 4.74 Å². The quantitative estimate of drug-likeness (QED) is 0.519. The van der Waals surface area contributed by atoms with Gasteiger partial charge in [0.2, 0.25) is 0 Å². The van der Waals surface area contributed by atoms with Crippen LogP contribution in [0.3, 0.4) is 0 Å². The van der Waals surface area contributed by atoms with E-state index in [0.717, 1.165) is 23.3 Å². The lowest BCUT2D eigenvalue weighted by molar-refractivity contribution is 0.0364. The van der Waals surface area contributed by atoms with Gasteiger partial charge in [0.15, 0.2) is 0 Å². The average molecular weight is 295 g/mol. The second-order valence-electron chi connectivity index (χ2n) is 5.27. The highest BCUT2D eigenvalue weighted by atomic mass is 32.1. The fraction of sp³-hybridized carbons (Fsp3) is 0.714. The normalized spacial score (nSPS) is 14.6. The molecule has 111 valence electrons. The van der Waals surface area contributed by atoms with Crippen molar-refractivity contribution in [3.63, 3.8) is 0 Å². The summed E-state index contributed by atoms with van der Waals surface area (Å²) in [6, 6.07) is 0.251. The number of thiazole rings is 1. The molecule has 0 aliphatic heterocycles. The van der Waals surface area contributed by atoms with Crippen LogP contribution in [0.1, 0.15) is 44.0 Å². The van der Waals surface area contributed by atoms with Gasteiger partial charge < -0.3 is 14.3 Å². The predicted octanol–water partition coefficient (Wildman–Crippen LogP) is 2.69. The number of nitrogens with zero attached hydrogens (tertiary/aromatic N) is 2. The van der Waals surface area contributed by atoms with Crippen LogP contribution >= 0.6 is 11.3 Å². The summed E-state index contributed by atoms with van der Waals surface area (Å²) in [5.41, 5.74) is 1.03. The van der Waals surface area contributed by atoms with Gasteiger partial charge >= 0.3 is 0 Å². The standard InChI is InChI=1S/C14H24BN2O2S/c1-6-19-13(14-16-11(4)8-20-14)7-12(10(2)3)17(5)15-9-18/h8-10,12-13H,6-7H2,1-5H3/t12-,13+/m0/s1. The molecule has 0 fully saturated rings. The van der Waals surface area contributed by atoms with E-state index in [2.05, 4.69) is 18.8 Å². The van der Waals surface area contributed by atoms with Crippen molar-refractivity contribution in [1.82, 2.24) is 9.79 Å². The zero-order chi connectivity index (χ0) is 15.1. The molecule has 0 saturated heterocycles. The molecule has 0 aromatic carbocycles. The van der Waals surface area contributed by atoms with Crippen LogP contribution in [0.15, 0.2) is 5.38 Å². The Balaban J connectivity index is 2.82. The zero-order valence-corrected chi connectivity index (χ0v) is 13.8. The maximum absolute atomic E-state index is 10.7. The summed E-state index contributed by atoms with van der Waals surface area (Å²) < 4.78 is 5.87. The Morgan fingerprint density at radius 1 is 1.55 bits per heavy atom. The van der Waals surface area contributed by atoms with Crippen molar-refractivity contribution in [2.45, 2.75) is 46.3 Å². The van der Waals surface area contributed by atoms with Crippen molar-refractivity contribution in [2.24, 2.45) is 5.92 Å². The predicted molar refractivity (Wildman–Crippen MR) is 84.7 cm³/mol. The molecule has 2 atom stereocenters. The molecular formula is C14H24BN2O2S. The van der Waals surface area contributed by atoms with Crippen LogP contribution in [0.25, 0.3) is 0 Å². The molecule has 0 saturated carbocycles. The third-order valence-corrected chi connectivity index (χ3v) is 4.38. The van der Waals surface area contributed by atoms with E-state index in [9.17, 15) is 4.79 Å². The fourth-order valence-electron chi connectivity index (χ4n) is 2.30. The molecule has 1 radical (unpaired) electrons. The summed E-state index contributed by atoms with van der Waals surface area (Å²) in [6.45, 7) is 8.98. The Labute approximate surface area is 126 Å². The highest BCUT2D eigenvalue weighted by molar-refractivity contribution is 7.09. The zero-order valence-electron chi connectivity index (χ0n) is 13.0. The second-order valence-corrected chi connectivity index (χ2v) is 6.16. The number of carbonyl (C=O) groups excluding carboxylic acids is 1. The summed E-state index contributed by atoms with van der Waals surface area (Å²) in [7, 11) is 3.52. The van der Waals surface area contributed by atoms with Crippen molar-refractivity contribution in [3.05, 3.63) is 16.1 Å². The molecule has 0 aliphatic rings. The molecule has 1 aromatic heterocycles. The molecule has 1 rings (SSSR count). The number of rotatable bonds is 9. The molecule has 0 unspecified atom stereocenters. The lowest BCUT2D eigenvalue weighted by Crippen LogP contribution is -2.40. The second kappa shape index (κ2) is 8.54. The molecule has 6 heteroatoms. The van der Waals surface area contributed by atoms with Gasteiger partial charge in [0.05, 0.1) is 6.19 Å². The lowest BCUT2D eigenvalue weighted by atomic mass is 9.86. The van der Waals surface area contributed by atoms with E-state index >= 15 is 0 Å². The Bertz CT molecular complexity index is 412. The van der Waals surface area contributed by atoms with Gasteiger partial charge in [-0.1, -0.05) is 13.8 Å². The van der Waals surface area contributed by atoms with Crippen LogP contribution in [-0.4, -0.2) is 43.1 Å². The first-order valence-corrected chi connectivity index (χ1v) is 7.91. The van der Waals surface area contributed by atoms with Gasteiger partial charge in [-0.25, -0.2) is 4.98 Å². The highest BCUT2D eigenvalue weighted by Gasteiger charge is 2.26. The highest BCUT2D eigenvalue weighted by Crippen LogP contribution is 2.29. The van der Waals surface area contributed by atoms with Gasteiger partial charge in [-0.2, -0.15) is 0 Å². The van der Waals surface area contributed by atoms with E-state index in [0.29, 0.717) is 12.5 Å². The summed E-state index contributed by atoms with van der Waals surface area (Å²) in [4.78, 5) is 17.2.